The Labute approximate surface area is 167 Å². The summed E-state index contributed by atoms with van der Waals surface area (Å²) in [5.41, 5.74) is 4.22. The fourth-order valence-electron chi connectivity index (χ4n) is 2.87. The minimum absolute atomic E-state index is 0.478. The highest BCUT2D eigenvalue weighted by molar-refractivity contribution is 7.98. The third-order valence-electron chi connectivity index (χ3n) is 4.16. The molecule has 4 aromatic rings. The van der Waals surface area contributed by atoms with Crippen molar-refractivity contribution in [3.8, 4) is 28.5 Å². The van der Waals surface area contributed by atoms with E-state index in [1.54, 1.807) is 6.92 Å². The zero-order valence-electron chi connectivity index (χ0n) is 15.2. The maximum Gasteiger partial charge on any atom is 0.223 e. The number of rotatable bonds is 5. The Balaban J connectivity index is 1.82. The van der Waals surface area contributed by atoms with Gasteiger partial charge in [0.25, 0.3) is 0 Å². The Morgan fingerprint density at radius 2 is 1.64 bits per heavy atom. The summed E-state index contributed by atoms with van der Waals surface area (Å²) in [4.78, 5) is 9.01. The first-order valence-corrected chi connectivity index (χ1v) is 9.71. The molecule has 0 amide bonds. The van der Waals surface area contributed by atoms with Crippen LogP contribution in [0.4, 0.5) is 0 Å². The van der Waals surface area contributed by atoms with Crippen molar-refractivity contribution >= 4 is 11.8 Å². The number of nitriles is 1. The van der Waals surface area contributed by atoms with Crippen LogP contribution in [0, 0.1) is 18.3 Å². The van der Waals surface area contributed by atoms with Gasteiger partial charge in [-0.15, -0.1) is 0 Å². The molecular weight excluding hydrogens is 368 g/mol. The predicted molar refractivity (Wildman–Crippen MR) is 108 cm³/mol. The average Bonchev–Trinajstić information content (AvgIpc) is 3.18. The van der Waals surface area contributed by atoms with Crippen molar-refractivity contribution in [2.75, 3.05) is 0 Å². The number of hydrogen-bond acceptors (Lipinski definition) is 6. The van der Waals surface area contributed by atoms with E-state index >= 15 is 0 Å². The van der Waals surface area contributed by atoms with Crippen LogP contribution in [-0.2, 0) is 5.75 Å². The van der Waals surface area contributed by atoms with Crippen LogP contribution in [0.2, 0.25) is 0 Å². The molecule has 0 saturated carbocycles. The van der Waals surface area contributed by atoms with Crippen molar-refractivity contribution in [1.82, 2.24) is 15.1 Å². The van der Waals surface area contributed by atoms with Gasteiger partial charge in [0.15, 0.2) is 5.82 Å². The molecule has 2 heterocycles. The normalized spacial score (nSPS) is 10.6. The first kappa shape index (κ1) is 18.0. The van der Waals surface area contributed by atoms with Crippen LogP contribution in [0.5, 0.6) is 0 Å². The second-order valence-corrected chi connectivity index (χ2v) is 7.06. The maximum atomic E-state index is 9.87. The topological polar surface area (TPSA) is 75.6 Å². The lowest BCUT2D eigenvalue weighted by Gasteiger charge is -2.12. The van der Waals surface area contributed by atoms with E-state index in [9.17, 15) is 5.26 Å². The molecular formula is C22H16N4OS. The smallest absolute Gasteiger partial charge is 0.223 e. The molecule has 0 unspecified atom stereocenters. The number of aromatic nitrogens is 3. The summed E-state index contributed by atoms with van der Waals surface area (Å²) < 4.78 is 5.04. The molecule has 0 aliphatic heterocycles. The first-order chi connectivity index (χ1) is 13.7. The Morgan fingerprint density at radius 1 is 0.964 bits per heavy atom. The first-order valence-electron chi connectivity index (χ1n) is 8.72. The second kappa shape index (κ2) is 8.07. The quantitative estimate of drug-likeness (QED) is 0.436. The van der Waals surface area contributed by atoms with Gasteiger partial charge in [-0.05, 0) is 11.6 Å². The summed E-state index contributed by atoms with van der Waals surface area (Å²) in [5, 5.41) is 14.5. The van der Waals surface area contributed by atoms with Gasteiger partial charge in [-0.2, -0.15) is 10.2 Å². The minimum atomic E-state index is 0.478. The van der Waals surface area contributed by atoms with Crippen LogP contribution in [-0.4, -0.2) is 15.1 Å². The summed E-state index contributed by atoms with van der Waals surface area (Å²) in [5.74, 6) is 1.58. The largest absolute Gasteiger partial charge is 0.340 e. The van der Waals surface area contributed by atoms with E-state index in [0.717, 1.165) is 22.4 Å². The second-order valence-electron chi connectivity index (χ2n) is 6.10. The van der Waals surface area contributed by atoms with Gasteiger partial charge in [0.1, 0.15) is 11.1 Å². The summed E-state index contributed by atoms with van der Waals surface area (Å²) in [7, 11) is 0. The van der Waals surface area contributed by atoms with Gasteiger partial charge >= 0.3 is 0 Å². The molecule has 0 atom stereocenters. The molecule has 136 valence electrons. The molecule has 0 N–H and O–H groups in total. The number of nitrogens with zero attached hydrogens (tertiary/aromatic N) is 4. The van der Waals surface area contributed by atoms with Crippen LogP contribution < -0.4 is 0 Å². The van der Waals surface area contributed by atoms with Crippen molar-refractivity contribution in [1.29, 1.82) is 5.26 Å². The van der Waals surface area contributed by atoms with Gasteiger partial charge in [-0.3, -0.25) is 0 Å². The maximum absolute atomic E-state index is 9.87. The van der Waals surface area contributed by atoms with Crippen molar-refractivity contribution < 1.29 is 4.52 Å². The monoisotopic (exact) mass is 384 g/mol. The predicted octanol–water partition coefficient (Wildman–Crippen LogP) is 5.27. The van der Waals surface area contributed by atoms with Crippen LogP contribution in [0.15, 0.2) is 76.3 Å². The van der Waals surface area contributed by atoms with Crippen molar-refractivity contribution in [2.45, 2.75) is 17.7 Å². The Morgan fingerprint density at radius 3 is 2.25 bits per heavy atom. The van der Waals surface area contributed by atoms with E-state index in [2.05, 4.69) is 16.2 Å². The number of hydrogen-bond donors (Lipinski definition) is 0. The van der Waals surface area contributed by atoms with Crippen molar-refractivity contribution in [3.63, 3.8) is 0 Å². The third-order valence-corrected chi connectivity index (χ3v) is 5.13. The number of aryl methyl sites for hydroxylation is 1. The lowest BCUT2D eigenvalue weighted by atomic mass is 9.99. The van der Waals surface area contributed by atoms with E-state index in [4.69, 9.17) is 9.51 Å². The fraction of sp³-hybridized carbons (Fsp3) is 0.0909. The number of thioether (sulfide) groups is 1. The summed E-state index contributed by atoms with van der Waals surface area (Å²) in [6.45, 7) is 1.75. The van der Waals surface area contributed by atoms with Crippen LogP contribution >= 0.6 is 11.8 Å². The van der Waals surface area contributed by atoms with Crippen LogP contribution in [0.1, 0.15) is 17.3 Å². The van der Waals surface area contributed by atoms with E-state index in [-0.39, 0.29) is 0 Å². The molecule has 4 rings (SSSR count). The fourth-order valence-corrected chi connectivity index (χ4v) is 3.72. The standard InChI is InChI=1S/C22H16N4OS/c1-15-24-21(26-27-15)14-28-22-19(13-23)18(16-8-4-2-5-9-16)12-20(25-22)17-10-6-3-7-11-17/h2-12H,14H2,1H3. The van der Waals surface area contributed by atoms with E-state index in [0.29, 0.717) is 28.1 Å². The number of pyridine rings is 1. The van der Waals surface area contributed by atoms with Crippen LogP contribution in [0.3, 0.4) is 0 Å². The Hall–Kier alpha value is -3.43. The lowest BCUT2D eigenvalue weighted by molar-refractivity contribution is 0.389. The SMILES string of the molecule is Cc1nc(CSc2nc(-c3ccccc3)cc(-c3ccccc3)c2C#N)no1. The lowest BCUT2D eigenvalue weighted by Crippen LogP contribution is -1.96. The Kier molecular flexibility index (Phi) is 5.18. The zero-order chi connectivity index (χ0) is 19.3. The molecule has 6 heteroatoms. The number of benzene rings is 2. The molecule has 0 bridgehead atoms. The van der Waals surface area contributed by atoms with Gasteiger partial charge in [0, 0.05) is 18.1 Å². The molecule has 0 spiro atoms. The minimum Gasteiger partial charge on any atom is -0.340 e. The molecule has 0 radical (unpaired) electrons. The highest BCUT2D eigenvalue weighted by Crippen LogP contribution is 2.34. The van der Waals surface area contributed by atoms with E-state index < -0.39 is 0 Å². The van der Waals surface area contributed by atoms with Crippen LogP contribution in [0.25, 0.3) is 22.4 Å². The molecule has 0 fully saturated rings. The summed E-state index contributed by atoms with van der Waals surface area (Å²) in [6, 6.07) is 24.2. The molecule has 0 aliphatic carbocycles. The Bertz CT molecular complexity index is 1130. The molecule has 2 aromatic heterocycles. The van der Waals surface area contributed by atoms with Crippen molar-refractivity contribution in [2.24, 2.45) is 0 Å². The molecule has 2 aromatic carbocycles. The van der Waals surface area contributed by atoms with Gasteiger partial charge in [-0.1, -0.05) is 77.6 Å². The molecule has 5 nitrogen and oxygen atoms in total. The van der Waals surface area contributed by atoms with Gasteiger partial charge in [0.05, 0.1) is 17.0 Å². The van der Waals surface area contributed by atoms with Crippen molar-refractivity contribution in [3.05, 3.63) is 84.0 Å². The summed E-state index contributed by atoms with van der Waals surface area (Å²) in [6.07, 6.45) is 0. The molecule has 0 aliphatic rings. The third kappa shape index (κ3) is 3.80. The highest BCUT2D eigenvalue weighted by atomic mass is 32.2. The summed E-state index contributed by atoms with van der Waals surface area (Å²) >= 11 is 1.44. The molecule has 28 heavy (non-hydrogen) atoms. The van der Waals surface area contributed by atoms with E-state index in [1.165, 1.54) is 11.8 Å². The zero-order valence-corrected chi connectivity index (χ0v) is 16.0. The van der Waals surface area contributed by atoms with E-state index in [1.807, 2.05) is 66.7 Å². The molecule has 0 saturated heterocycles. The van der Waals surface area contributed by atoms with Gasteiger partial charge < -0.3 is 4.52 Å². The highest BCUT2D eigenvalue weighted by Gasteiger charge is 2.16. The average molecular weight is 384 g/mol. The van der Waals surface area contributed by atoms with Gasteiger partial charge in [0.2, 0.25) is 5.89 Å². The van der Waals surface area contributed by atoms with Gasteiger partial charge in [-0.25, -0.2) is 4.98 Å².